The van der Waals surface area contributed by atoms with Gasteiger partial charge in [0, 0.05) is 92.4 Å². The van der Waals surface area contributed by atoms with Crippen LogP contribution in [0.1, 0.15) is 141 Å². The van der Waals surface area contributed by atoms with Gasteiger partial charge in [-0.05, 0) is 379 Å². The van der Waals surface area contributed by atoms with Crippen molar-refractivity contribution in [1.29, 1.82) is 0 Å². The molecular weight excluding hydrogens is 1820 g/mol. The van der Waals surface area contributed by atoms with Gasteiger partial charge in [0.05, 0.1) is 11.2 Å². The normalized spacial score (nSPS) is 15.0. The van der Waals surface area contributed by atoms with E-state index in [-0.39, 0.29) is 39.0 Å². The molecule has 18 aromatic rings. The average Bonchev–Trinajstić information content (AvgIpc) is 1.55. The lowest BCUT2D eigenvalue weighted by Gasteiger charge is -2.31. The maximum atomic E-state index is 5.63. The van der Waals surface area contributed by atoms with Crippen LogP contribution in [0.3, 0.4) is 0 Å². The Kier molecular flexibility index (Phi) is 23.2. The molecule has 1 saturated heterocycles. The number of benzene rings is 18. The Balaban J connectivity index is 0.000000140. The molecule has 0 spiro atoms. The summed E-state index contributed by atoms with van der Waals surface area (Å²) in [6.45, 7) is 31.0. The van der Waals surface area contributed by atoms with Gasteiger partial charge >= 0.3 is 7.32 Å². The van der Waals surface area contributed by atoms with Crippen LogP contribution in [0.15, 0.2) is 402 Å². The largest absolute Gasteiger partial charge is 0.640 e. The van der Waals surface area contributed by atoms with Crippen molar-refractivity contribution in [2.24, 2.45) is 0 Å². The van der Waals surface area contributed by atoms with Crippen LogP contribution in [-0.2, 0) is 35.6 Å². The van der Waals surface area contributed by atoms with Crippen molar-refractivity contribution in [3.8, 4) is 66.8 Å². The van der Waals surface area contributed by atoms with Crippen LogP contribution in [0.2, 0.25) is 0 Å². The van der Waals surface area contributed by atoms with E-state index in [1.54, 1.807) is 0 Å². The zero-order valence-corrected chi connectivity index (χ0v) is 82.6. The Hall–Kier alpha value is -12.5. The molecule has 0 saturated carbocycles. The minimum absolute atomic E-state index is 0.0196. The van der Waals surface area contributed by atoms with Gasteiger partial charge in [0.1, 0.15) is 0 Å². The van der Waals surface area contributed by atoms with Crippen molar-refractivity contribution >= 4 is 139 Å². The third-order valence-electron chi connectivity index (χ3n) is 28.4. The molecule has 1 heterocycles. The number of rotatable bonds is 13. The smallest absolute Gasteiger partial charge is 0.384 e. The second-order valence-corrected chi connectivity index (χ2v) is 42.0. The second kappa shape index (κ2) is 34.8. The third-order valence-corrected chi connectivity index (χ3v) is 29.9. The standard InChI is InChI=1S/C68H52N2.C24H20Br2.C22H16BrN.C9H19BO3/c1-67(2)63-41-51(45-25-27-49-39-57(33-29-47(49)37-45)69(53-17-9-5-10-18-53)54-19-11-6-12-20-54)31-35-59(63)61-44-66-62(43-65(61)67)60-36-32-52(42-64(60)68(66,3)4)46-26-28-50-40-58(34-30-48(50)38-46)70(55-21-13-7-14-22-55)56-23-15-8-16-24-56;1-23(2)19-9-13(25)5-7-15(19)17-12-22-18(11-21(17)23)16-8-6-14(26)10-20(16)24(22,3)4;23-19-13-11-18-16-22(14-12-17(18)15-19)24(20-7-3-1-4-8-20)21-9-5-2-6-10-21;1-7(2)11-10-12-8(3,4)9(5,6)13-10/h5-44H,1-4H3;5-12H,1-4H3;1-16H;7H,1-6H3. The lowest BCUT2D eigenvalue weighted by molar-refractivity contribution is 0.00578. The predicted octanol–water partition coefficient (Wildman–Crippen LogP) is 35.8. The van der Waals surface area contributed by atoms with Crippen molar-refractivity contribution in [3.05, 3.63) is 446 Å². The summed E-state index contributed by atoms with van der Waals surface area (Å²) >= 11 is 10.9. The summed E-state index contributed by atoms with van der Waals surface area (Å²) in [7, 11) is -0.523. The summed E-state index contributed by atoms with van der Waals surface area (Å²) in [5, 5.41) is 7.36. The molecule has 5 aliphatic rings. The third kappa shape index (κ3) is 16.5. The van der Waals surface area contributed by atoms with Gasteiger partial charge in [-0.1, -0.05) is 297 Å². The SMILES string of the molecule is Brc1ccc2cc(N(c3ccccc3)c3ccccc3)ccc2c1.CC(C)OB1OC(C)(C)C(C)(C)O1.CC1(C)c2cc(-c3ccc4cc(N(c5ccccc5)c5ccccc5)ccc4c3)ccc2-c2cc3c(cc21)-c1ccc(-c2ccc4cc(N(c5ccccc5)c5ccccc5)ccc4c2)cc1C3(C)C.CC1(C)c2cc(Br)ccc2-c2cc3c(cc21)-c1ccc(Br)cc1C3(C)C. The Bertz CT molecular complexity index is 7030. The molecule has 6 nitrogen and oxygen atoms in total. The summed E-state index contributed by atoms with van der Waals surface area (Å²) in [5.41, 5.74) is 36.7. The van der Waals surface area contributed by atoms with E-state index in [0.29, 0.717) is 0 Å². The van der Waals surface area contributed by atoms with Gasteiger partial charge in [-0.15, -0.1) is 0 Å². The van der Waals surface area contributed by atoms with Crippen LogP contribution in [0.5, 0.6) is 0 Å². The number of para-hydroxylation sites is 6. The first-order valence-corrected chi connectivity index (χ1v) is 48.6. The molecule has 0 unspecified atom stereocenters. The van der Waals surface area contributed by atoms with Gasteiger partial charge < -0.3 is 28.7 Å². The highest BCUT2D eigenvalue weighted by atomic mass is 79.9. The number of anilines is 9. The Morgan fingerprint density at radius 2 is 0.436 bits per heavy atom. The second-order valence-electron chi connectivity index (χ2n) is 39.2. The van der Waals surface area contributed by atoms with Crippen molar-refractivity contribution in [3.63, 3.8) is 0 Å². The maximum Gasteiger partial charge on any atom is 0.640 e. The molecule has 23 rings (SSSR count). The quantitative estimate of drug-likeness (QED) is 0.107. The molecule has 133 heavy (non-hydrogen) atoms. The fourth-order valence-electron chi connectivity index (χ4n) is 20.5. The number of fused-ring (bicyclic) bond motifs is 15. The van der Waals surface area contributed by atoms with Crippen LogP contribution in [0.4, 0.5) is 51.2 Å². The summed E-state index contributed by atoms with van der Waals surface area (Å²) < 4.78 is 20.1. The van der Waals surface area contributed by atoms with E-state index in [0.717, 1.165) is 64.6 Å². The van der Waals surface area contributed by atoms with Crippen LogP contribution < -0.4 is 14.7 Å². The molecule has 0 bridgehead atoms. The molecule has 0 atom stereocenters. The van der Waals surface area contributed by atoms with Gasteiger partial charge in [-0.2, -0.15) is 0 Å². The highest BCUT2D eigenvalue weighted by Gasteiger charge is 2.53. The van der Waals surface area contributed by atoms with Gasteiger partial charge in [-0.25, -0.2) is 0 Å². The van der Waals surface area contributed by atoms with Gasteiger partial charge in [-0.3, -0.25) is 0 Å². The lowest BCUT2D eigenvalue weighted by atomic mass is 9.79. The van der Waals surface area contributed by atoms with E-state index >= 15 is 0 Å². The summed E-state index contributed by atoms with van der Waals surface area (Å²) in [6.07, 6.45) is 0.120. The molecule has 10 heteroatoms. The van der Waals surface area contributed by atoms with E-state index < -0.39 is 7.32 Å². The maximum absolute atomic E-state index is 5.63. The zero-order valence-electron chi connectivity index (χ0n) is 77.8. The molecule has 0 N–H and O–H groups in total. The molecule has 0 radical (unpaired) electrons. The predicted molar refractivity (Wildman–Crippen MR) is 572 cm³/mol. The number of halogens is 3. The number of hydrogen-bond acceptors (Lipinski definition) is 6. The van der Waals surface area contributed by atoms with Crippen molar-refractivity contribution < 1.29 is 14.0 Å². The van der Waals surface area contributed by atoms with E-state index in [1.165, 1.54) is 144 Å². The molecule has 0 aromatic heterocycles. The number of hydrogen-bond donors (Lipinski definition) is 0. The molecular formula is C123H107BBr3N3O3. The zero-order chi connectivity index (χ0) is 92.2. The van der Waals surface area contributed by atoms with E-state index in [2.05, 4.69) is 494 Å². The molecule has 18 aromatic carbocycles. The van der Waals surface area contributed by atoms with Crippen molar-refractivity contribution in [1.82, 2.24) is 0 Å². The van der Waals surface area contributed by atoms with Crippen molar-refractivity contribution in [2.75, 3.05) is 14.7 Å². The van der Waals surface area contributed by atoms with E-state index in [9.17, 15) is 0 Å². The van der Waals surface area contributed by atoms with Crippen LogP contribution in [0, 0.1) is 0 Å². The average molecular weight is 1930 g/mol. The topological polar surface area (TPSA) is 37.4 Å². The van der Waals surface area contributed by atoms with Crippen LogP contribution >= 0.6 is 47.8 Å². The Labute approximate surface area is 809 Å². The first-order valence-electron chi connectivity index (χ1n) is 46.2. The first-order chi connectivity index (χ1) is 63.9. The summed E-state index contributed by atoms with van der Waals surface area (Å²) in [5.74, 6) is 0. The molecule has 656 valence electrons. The molecule has 1 fully saturated rings. The van der Waals surface area contributed by atoms with Gasteiger partial charge in [0.25, 0.3) is 0 Å². The monoisotopic (exact) mass is 1920 g/mol. The number of nitrogens with zero attached hydrogens (tertiary/aromatic N) is 3. The molecule has 0 amide bonds. The minimum Gasteiger partial charge on any atom is -0.384 e. The minimum atomic E-state index is -0.523. The first kappa shape index (κ1) is 88.4. The Morgan fingerprint density at radius 1 is 0.218 bits per heavy atom. The fraction of sp³-hybridized carbons (Fsp3) is 0.171. The van der Waals surface area contributed by atoms with E-state index in [4.69, 9.17) is 14.0 Å². The van der Waals surface area contributed by atoms with Crippen LogP contribution in [0.25, 0.3) is 99.1 Å². The lowest BCUT2D eigenvalue weighted by Crippen LogP contribution is -2.41. The summed E-state index contributed by atoms with van der Waals surface area (Å²) in [4.78, 5) is 6.93. The fourth-order valence-corrected chi connectivity index (χ4v) is 21.6. The van der Waals surface area contributed by atoms with Crippen LogP contribution in [-0.4, -0.2) is 24.6 Å². The van der Waals surface area contributed by atoms with Gasteiger partial charge in [0.2, 0.25) is 0 Å². The van der Waals surface area contributed by atoms with Gasteiger partial charge in [0.15, 0.2) is 0 Å². The summed E-state index contributed by atoms with van der Waals surface area (Å²) in [6, 6.07) is 142. The van der Waals surface area contributed by atoms with Crippen molar-refractivity contribution in [2.45, 2.75) is 136 Å². The highest BCUT2D eigenvalue weighted by molar-refractivity contribution is 9.11. The van der Waals surface area contributed by atoms with E-state index in [1.807, 2.05) is 53.7 Å². The Morgan fingerprint density at radius 3 is 0.729 bits per heavy atom. The molecule has 4 aliphatic carbocycles. The highest BCUT2D eigenvalue weighted by Crippen LogP contribution is 2.60. The molecule has 1 aliphatic heterocycles.